The molecule has 0 amide bonds. The van der Waals surface area contributed by atoms with E-state index < -0.39 is 0 Å². The third-order valence-corrected chi connectivity index (χ3v) is 2.27. The Morgan fingerprint density at radius 1 is 1.36 bits per heavy atom. The molecular formula is C11H13ClO2. The first-order chi connectivity index (χ1) is 6.72. The molecule has 0 aromatic heterocycles. The number of alkyl halides is 1. The monoisotopic (exact) mass is 212 g/mol. The third kappa shape index (κ3) is 2.20. The molecule has 1 aromatic rings. The standard InChI is InChI=1S/C11H13ClO2/c1-8(7-12)10-5-4-9(13-2)6-11(10)14-3/h4-6H,1,7H2,2-3H3. The molecule has 3 heteroatoms. The average molecular weight is 213 g/mol. The van der Waals surface area contributed by atoms with Gasteiger partial charge in [-0.1, -0.05) is 6.58 Å². The van der Waals surface area contributed by atoms with E-state index in [1.807, 2.05) is 18.2 Å². The molecule has 0 saturated carbocycles. The zero-order valence-corrected chi connectivity index (χ0v) is 9.10. The lowest BCUT2D eigenvalue weighted by atomic mass is 10.1. The van der Waals surface area contributed by atoms with E-state index in [2.05, 4.69) is 6.58 Å². The van der Waals surface area contributed by atoms with Crippen molar-refractivity contribution in [1.82, 2.24) is 0 Å². The van der Waals surface area contributed by atoms with E-state index in [1.165, 1.54) is 0 Å². The van der Waals surface area contributed by atoms with Gasteiger partial charge in [0.25, 0.3) is 0 Å². The summed E-state index contributed by atoms with van der Waals surface area (Å²) in [5, 5.41) is 0. The summed E-state index contributed by atoms with van der Waals surface area (Å²) < 4.78 is 10.3. The summed E-state index contributed by atoms with van der Waals surface area (Å²) in [4.78, 5) is 0. The Balaban J connectivity index is 3.11. The molecule has 0 heterocycles. The van der Waals surface area contributed by atoms with E-state index in [-0.39, 0.29) is 0 Å². The minimum absolute atomic E-state index is 0.392. The van der Waals surface area contributed by atoms with Gasteiger partial charge in [0.05, 0.1) is 14.2 Å². The molecule has 0 bridgehead atoms. The highest BCUT2D eigenvalue weighted by atomic mass is 35.5. The van der Waals surface area contributed by atoms with Crippen LogP contribution in [0.15, 0.2) is 24.8 Å². The van der Waals surface area contributed by atoms with Crippen LogP contribution in [0.5, 0.6) is 11.5 Å². The fourth-order valence-electron chi connectivity index (χ4n) is 1.16. The van der Waals surface area contributed by atoms with Gasteiger partial charge >= 0.3 is 0 Å². The Morgan fingerprint density at radius 3 is 2.57 bits per heavy atom. The predicted molar refractivity (Wildman–Crippen MR) is 59.3 cm³/mol. The zero-order valence-electron chi connectivity index (χ0n) is 8.34. The van der Waals surface area contributed by atoms with Crippen molar-refractivity contribution in [3.63, 3.8) is 0 Å². The Morgan fingerprint density at radius 2 is 2.07 bits per heavy atom. The normalized spacial score (nSPS) is 9.64. The number of allylic oxidation sites excluding steroid dienone is 1. The summed E-state index contributed by atoms with van der Waals surface area (Å²) in [6, 6.07) is 5.56. The first kappa shape index (κ1) is 10.9. The van der Waals surface area contributed by atoms with Crippen LogP contribution in [-0.4, -0.2) is 20.1 Å². The molecule has 76 valence electrons. The van der Waals surface area contributed by atoms with Gasteiger partial charge in [-0.25, -0.2) is 0 Å². The molecule has 0 fully saturated rings. The van der Waals surface area contributed by atoms with Gasteiger partial charge < -0.3 is 9.47 Å². The largest absolute Gasteiger partial charge is 0.497 e. The summed E-state index contributed by atoms with van der Waals surface area (Å²) in [5.74, 6) is 1.88. The maximum atomic E-state index is 5.70. The molecule has 0 radical (unpaired) electrons. The molecule has 0 aliphatic heterocycles. The van der Waals surface area contributed by atoms with Gasteiger partial charge in [-0.05, 0) is 17.7 Å². The molecule has 0 spiro atoms. The molecule has 1 rings (SSSR count). The Hall–Kier alpha value is -1.15. The van der Waals surface area contributed by atoms with E-state index in [4.69, 9.17) is 21.1 Å². The molecular weight excluding hydrogens is 200 g/mol. The van der Waals surface area contributed by atoms with Crippen molar-refractivity contribution in [2.75, 3.05) is 20.1 Å². The molecule has 0 aliphatic carbocycles. The van der Waals surface area contributed by atoms with E-state index in [9.17, 15) is 0 Å². The van der Waals surface area contributed by atoms with Crippen molar-refractivity contribution >= 4 is 17.2 Å². The van der Waals surface area contributed by atoms with Crippen molar-refractivity contribution in [2.45, 2.75) is 0 Å². The number of halogens is 1. The van der Waals surface area contributed by atoms with Crippen LogP contribution >= 0.6 is 11.6 Å². The Labute approximate surface area is 89.1 Å². The first-order valence-corrected chi connectivity index (χ1v) is 4.72. The van der Waals surface area contributed by atoms with Crippen LogP contribution in [0, 0.1) is 0 Å². The highest BCUT2D eigenvalue weighted by Gasteiger charge is 2.06. The van der Waals surface area contributed by atoms with E-state index in [0.29, 0.717) is 5.88 Å². The van der Waals surface area contributed by atoms with Crippen LogP contribution in [0.3, 0.4) is 0 Å². The van der Waals surface area contributed by atoms with Gasteiger partial charge in [-0.15, -0.1) is 11.6 Å². The fourth-order valence-corrected chi connectivity index (χ4v) is 1.31. The summed E-state index contributed by atoms with van der Waals surface area (Å²) >= 11 is 5.70. The number of hydrogen-bond donors (Lipinski definition) is 0. The van der Waals surface area contributed by atoms with Crippen LogP contribution < -0.4 is 9.47 Å². The Bertz CT molecular complexity index is 334. The smallest absolute Gasteiger partial charge is 0.130 e. The summed E-state index contributed by atoms with van der Waals surface area (Å²) in [6.45, 7) is 3.85. The fraction of sp³-hybridized carbons (Fsp3) is 0.273. The van der Waals surface area contributed by atoms with Gasteiger partial charge in [0.2, 0.25) is 0 Å². The van der Waals surface area contributed by atoms with Crippen LogP contribution in [0.1, 0.15) is 5.56 Å². The lowest BCUT2D eigenvalue weighted by molar-refractivity contribution is 0.393. The van der Waals surface area contributed by atoms with E-state index >= 15 is 0 Å². The highest BCUT2D eigenvalue weighted by Crippen LogP contribution is 2.29. The number of rotatable bonds is 4. The highest BCUT2D eigenvalue weighted by molar-refractivity contribution is 6.23. The van der Waals surface area contributed by atoms with Gasteiger partial charge in [0, 0.05) is 17.5 Å². The lowest BCUT2D eigenvalue weighted by Gasteiger charge is -2.10. The second-order valence-electron chi connectivity index (χ2n) is 2.80. The van der Waals surface area contributed by atoms with Crippen LogP contribution in [0.25, 0.3) is 5.57 Å². The molecule has 0 unspecified atom stereocenters. The third-order valence-electron chi connectivity index (χ3n) is 1.95. The molecule has 1 aromatic carbocycles. The molecule has 0 N–H and O–H groups in total. The SMILES string of the molecule is C=C(CCl)c1ccc(OC)cc1OC. The van der Waals surface area contributed by atoms with Crippen molar-refractivity contribution in [2.24, 2.45) is 0 Å². The van der Waals surface area contributed by atoms with Gasteiger partial charge in [0.15, 0.2) is 0 Å². The number of methoxy groups -OCH3 is 2. The van der Waals surface area contributed by atoms with Crippen LogP contribution in [0.4, 0.5) is 0 Å². The molecule has 0 saturated heterocycles. The first-order valence-electron chi connectivity index (χ1n) is 4.19. The lowest BCUT2D eigenvalue weighted by Crippen LogP contribution is -1.93. The van der Waals surface area contributed by atoms with E-state index in [0.717, 1.165) is 22.6 Å². The van der Waals surface area contributed by atoms with Gasteiger partial charge in [-0.2, -0.15) is 0 Å². The topological polar surface area (TPSA) is 18.5 Å². The Kier molecular flexibility index (Phi) is 3.84. The zero-order chi connectivity index (χ0) is 10.6. The number of benzene rings is 1. The minimum Gasteiger partial charge on any atom is -0.497 e. The summed E-state index contributed by atoms with van der Waals surface area (Å²) in [5.41, 5.74) is 1.76. The minimum atomic E-state index is 0.392. The predicted octanol–water partition coefficient (Wildman–Crippen LogP) is 2.96. The second kappa shape index (κ2) is 4.91. The summed E-state index contributed by atoms with van der Waals surface area (Å²) in [7, 11) is 3.23. The van der Waals surface area contributed by atoms with Gasteiger partial charge in [-0.3, -0.25) is 0 Å². The quantitative estimate of drug-likeness (QED) is 0.715. The molecule has 0 atom stereocenters. The van der Waals surface area contributed by atoms with Crippen molar-refractivity contribution in [3.05, 3.63) is 30.3 Å². The molecule has 2 nitrogen and oxygen atoms in total. The summed E-state index contributed by atoms with van der Waals surface area (Å²) in [6.07, 6.45) is 0. The van der Waals surface area contributed by atoms with Crippen molar-refractivity contribution < 1.29 is 9.47 Å². The second-order valence-corrected chi connectivity index (χ2v) is 3.07. The van der Waals surface area contributed by atoms with Crippen molar-refractivity contribution in [3.8, 4) is 11.5 Å². The number of hydrogen-bond acceptors (Lipinski definition) is 2. The molecule has 14 heavy (non-hydrogen) atoms. The van der Waals surface area contributed by atoms with Crippen LogP contribution in [-0.2, 0) is 0 Å². The van der Waals surface area contributed by atoms with Crippen molar-refractivity contribution in [1.29, 1.82) is 0 Å². The van der Waals surface area contributed by atoms with Gasteiger partial charge in [0.1, 0.15) is 11.5 Å². The van der Waals surface area contributed by atoms with Crippen LogP contribution in [0.2, 0.25) is 0 Å². The maximum absolute atomic E-state index is 5.70. The molecule has 0 aliphatic rings. The van der Waals surface area contributed by atoms with E-state index in [1.54, 1.807) is 14.2 Å². The maximum Gasteiger partial charge on any atom is 0.130 e. The number of ether oxygens (including phenoxy) is 2. The average Bonchev–Trinajstić information content (AvgIpc) is 2.27.